The van der Waals surface area contributed by atoms with Gasteiger partial charge in [-0.2, -0.15) is 0 Å². The standard InChI is InChI=1S/C22H27ClN2O3S/c1-4-20(25(29(3,27)28)21-14-17(23)13-12-15(21)2)22(26)24-19-11-7-9-16-8-5-6-10-18(16)19/h5-6,8,10,12-14,19-20H,4,7,9,11H2,1-3H3,(H,24,26). The molecule has 1 amide bonds. The van der Waals surface area contributed by atoms with Crippen molar-refractivity contribution in [1.82, 2.24) is 5.32 Å². The molecule has 0 radical (unpaired) electrons. The lowest BCUT2D eigenvalue weighted by atomic mass is 9.87. The number of halogens is 1. The predicted octanol–water partition coefficient (Wildman–Crippen LogP) is 4.39. The molecule has 156 valence electrons. The molecule has 0 saturated carbocycles. The van der Waals surface area contributed by atoms with Crippen molar-refractivity contribution in [3.8, 4) is 0 Å². The third-order valence-electron chi connectivity index (χ3n) is 5.42. The maximum atomic E-state index is 13.3. The summed E-state index contributed by atoms with van der Waals surface area (Å²) in [6.07, 6.45) is 4.30. The Morgan fingerprint density at radius 1 is 1.28 bits per heavy atom. The third kappa shape index (κ3) is 4.75. The summed E-state index contributed by atoms with van der Waals surface area (Å²) >= 11 is 6.13. The van der Waals surface area contributed by atoms with E-state index in [1.54, 1.807) is 18.2 Å². The molecule has 5 nitrogen and oxygen atoms in total. The highest BCUT2D eigenvalue weighted by molar-refractivity contribution is 7.92. The van der Waals surface area contributed by atoms with E-state index in [0.717, 1.165) is 36.6 Å². The van der Waals surface area contributed by atoms with Crippen LogP contribution in [0.25, 0.3) is 0 Å². The Kier molecular flexibility index (Phi) is 6.54. The molecule has 0 aromatic heterocycles. The molecule has 7 heteroatoms. The van der Waals surface area contributed by atoms with Crippen LogP contribution >= 0.6 is 11.6 Å². The number of rotatable bonds is 6. The van der Waals surface area contributed by atoms with Gasteiger partial charge in [-0.1, -0.05) is 48.9 Å². The van der Waals surface area contributed by atoms with Crippen LogP contribution in [0.1, 0.15) is 48.9 Å². The second-order valence-electron chi connectivity index (χ2n) is 7.57. The first-order valence-corrected chi connectivity index (χ1v) is 12.1. The van der Waals surface area contributed by atoms with Crippen LogP contribution in [0, 0.1) is 6.92 Å². The first-order chi connectivity index (χ1) is 13.7. The number of nitrogens with one attached hydrogen (secondary N) is 1. The molecule has 1 aliphatic carbocycles. The quantitative estimate of drug-likeness (QED) is 0.733. The van der Waals surface area contributed by atoms with Gasteiger partial charge in [0.15, 0.2) is 0 Å². The van der Waals surface area contributed by atoms with E-state index < -0.39 is 16.1 Å². The van der Waals surface area contributed by atoms with Crippen molar-refractivity contribution < 1.29 is 13.2 Å². The number of benzene rings is 2. The van der Waals surface area contributed by atoms with Crippen molar-refractivity contribution in [3.05, 3.63) is 64.2 Å². The Balaban J connectivity index is 1.94. The van der Waals surface area contributed by atoms with Crippen molar-refractivity contribution in [2.24, 2.45) is 0 Å². The van der Waals surface area contributed by atoms with Gasteiger partial charge in [-0.25, -0.2) is 8.42 Å². The molecule has 0 bridgehead atoms. The number of carbonyl (C=O) groups is 1. The van der Waals surface area contributed by atoms with Crippen LogP contribution in [-0.2, 0) is 21.2 Å². The van der Waals surface area contributed by atoms with E-state index in [9.17, 15) is 13.2 Å². The highest BCUT2D eigenvalue weighted by Crippen LogP contribution is 2.32. The molecule has 2 unspecified atom stereocenters. The normalized spacial score (nSPS) is 17.3. The molecular formula is C22H27ClN2O3S. The molecule has 1 N–H and O–H groups in total. The zero-order valence-electron chi connectivity index (χ0n) is 17.0. The van der Waals surface area contributed by atoms with Gasteiger partial charge < -0.3 is 5.32 Å². The van der Waals surface area contributed by atoms with Crippen molar-refractivity contribution in [1.29, 1.82) is 0 Å². The Morgan fingerprint density at radius 3 is 2.69 bits per heavy atom. The fraction of sp³-hybridized carbons (Fsp3) is 0.409. The molecule has 0 fully saturated rings. The van der Waals surface area contributed by atoms with Crippen LogP contribution in [0.4, 0.5) is 5.69 Å². The van der Waals surface area contributed by atoms with Gasteiger partial charge >= 0.3 is 0 Å². The minimum atomic E-state index is -3.70. The van der Waals surface area contributed by atoms with Crippen LogP contribution in [0.3, 0.4) is 0 Å². The van der Waals surface area contributed by atoms with Crippen molar-refractivity contribution >= 4 is 33.2 Å². The molecular weight excluding hydrogens is 408 g/mol. The number of aryl methyl sites for hydroxylation is 2. The van der Waals surface area contributed by atoms with Crippen LogP contribution in [-0.4, -0.2) is 26.6 Å². The average molecular weight is 435 g/mol. The fourth-order valence-corrected chi connectivity index (χ4v) is 5.45. The summed E-state index contributed by atoms with van der Waals surface area (Å²) in [6.45, 7) is 3.63. The largest absolute Gasteiger partial charge is 0.347 e. The van der Waals surface area contributed by atoms with Gasteiger partial charge in [0.1, 0.15) is 6.04 Å². The van der Waals surface area contributed by atoms with Gasteiger partial charge in [-0.3, -0.25) is 9.10 Å². The lowest BCUT2D eigenvalue weighted by Crippen LogP contribution is -2.50. The molecule has 2 aromatic carbocycles. The lowest BCUT2D eigenvalue weighted by molar-refractivity contribution is -0.123. The molecule has 2 aromatic rings. The highest BCUT2D eigenvalue weighted by Gasteiger charge is 2.34. The zero-order valence-corrected chi connectivity index (χ0v) is 18.6. The lowest BCUT2D eigenvalue weighted by Gasteiger charge is -2.33. The molecule has 2 atom stereocenters. The molecule has 0 spiro atoms. The first-order valence-electron chi connectivity index (χ1n) is 9.86. The number of sulfonamides is 1. The highest BCUT2D eigenvalue weighted by atomic mass is 35.5. The zero-order chi connectivity index (χ0) is 21.2. The maximum absolute atomic E-state index is 13.3. The average Bonchev–Trinajstić information content (AvgIpc) is 2.67. The third-order valence-corrected chi connectivity index (χ3v) is 6.83. The van der Waals surface area contributed by atoms with Gasteiger partial charge in [0.2, 0.25) is 15.9 Å². The number of nitrogens with zero attached hydrogens (tertiary/aromatic N) is 1. The maximum Gasteiger partial charge on any atom is 0.244 e. The smallest absolute Gasteiger partial charge is 0.244 e. The Bertz CT molecular complexity index is 1010. The van der Waals surface area contributed by atoms with Crippen LogP contribution in [0.15, 0.2) is 42.5 Å². The van der Waals surface area contributed by atoms with E-state index in [1.165, 1.54) is 9.87 Å². The number of amides is 1. The number of fused-ring (bicyclic) bond motifs is 1. The SMILES string of the molecule is CCC(C(=O)NC1CCCc2ccccc21)N(c1cc(Cl)ccc1C)S(C)(=O)=O. The van der Waals surface area contributed by atoms with Crippen molar-refractivity contribution in [2.45, 2.75) is 51.6 Å². The van der Waals surface area contributed by atoms with E-state index in [2.05, 4.69) is 11.4 Å². The number of hydrogen-bond donors (Lipinski definition) is 1. The topological polar surface area (TPSA) is 66.5 Å². The second kappa shape index (κ2) is 8.76. The molecule has 29 heavy (non-hydrogen) atoms. The molecule has 0 heterocycles. The number of anilines is 1. The van der Waals surface area contributed by atoms with Gasteiger partial charge in [0, 0.05) is 5.02 Å². The van der Waals surface area contributed by atoms with E-state index in [-0.39, 0.29) is 11.9 Å². The summed E-state index contributed by atoms with van der Waals surface area (Å²) in [6, 6.07) is 12.2. The summed E-state index contributed by atoms with van der Waals surface area (Å²) in [4.78, 5) is 13.3. The second-order valence-corrected chi connectivity index (χ2v) is 9.86. The monoisotopic (exact) mass is 434 g/mol. The Labute approximate surface area is 178 Å². The van der Waals surface area contributed by atoms with Gasteiger partial charge in [-0.05, 0) is 61.4 Å². The fourth-order valence-electron chi connectivity index (χ4n) is 4.03. The van der Waals surface area contributed by atoms with Crippen LogP contribution in [0.5, 0.6) is 0 Å². The predicted molar refractivity (Wildman–Crippen MR) is 118 cm³/mol. The van der Waals surface area contributed by atoms with E-state index in [4.69, 9.17) is 11.6 Å². The first kappa shape index (κ1) is 21.7. The van der Waals surface area contributed by atoms with Gasteiger partial charge in [0.25, 0.3) is 0 Å². The molecule has 1 aliphatic rings. The Morgan fingerprint density at radius 2 is 2.00 bits per heavy atom. The number of hydrogen-bond acceptors (Lipinski definition) is 3. The summed E-state index contributed by atoms with van der Waals surface area (Å²) < 4.78 is 26.6. The van der Waals surface area contributed by atoms with Crippen molar-refractivity contribution in [2.75, 3.05) is 10.6 Å². The molecule has 0 aliphatic heterocycles. The Hall–Kier alpha value is -2.05. The van der Waals surface area contributed by atoms with E-state index in [0.29, 0.717) is 17.1 Å². The van der Waals surface area contributed by atoms with E-state index >= 15 is 0 Å². The molecule has 0 saturated heterocycles. The van der Waals surface area contributed by atoms with Crippen LogP contribution < -0.4 is 9.62 Å². The van der Waals surface area contributed by atoms with Gasteiger partial charge in [0.05, 0.1) is 18.0 Å². The van der Waals surface area contributed by atoms with Crippen molar-refractivity contribution in [3.63, 3.8) is 0 Å². The van der Waals surface area contributed by atoms with Gasteiger partial charge in [-0.15, -0.1) is 0 Å². The summed E-state index contributed by atoms with van der Waals surface area (Å²) in [5.41, 5.74) is 3.54. The molecule has 3 rings (SSSR count). The van der Waals surface area contributed by atoms with Crippen LogP contribution in [0.2, 0.25) is 5.02 Å². The minimum Gasteiger partial charge on any atom is -0.347 e. The number of carbonyl (C=O) groups excluding carboxylic acids is 1. The van der Waals surface area contributed by atoms with E-state index in [1.807, 2.05) is 32.0 Å². The summed E-state index contributed by atoms with van der Waals surface area (Å²) in [5.74, 6) is -0.293. The summed E-state index contributed by atoms with van der Waals surface area (Å²) in [7, 11) is -3.70. The summed E-state index contributed by atoms with van der Waals surface area (Å²) in [5, 5.41) is 3.53. The minimum absolute atomic E-state index is 0.108.